The zero-order valence-corrected chi connectivity index (χ0v) is 12.7. The van der Waals surface area contributed by atoms with Crippen LogP contribution < -0.4 is 9.64 Å². The molecule has 3 rings (SSSR count). The molecule has 0 spiro atoms. The lowest BCUT2D eigenvalue weighted by Gasteiger charge is -2.32. The molecule has 20 heavy (non-hydrogen) atoms. The second kappa shape index (κ2) is 6.15. The van der Waals surface area contributed by atoms with Gasteiger partial charge in [0.25, 0.3) is 0 Å². The largest absolute Gasteiger partial charge is 0.488 e. The standard InChI is InChI=1S/C17H25NO2/c1-13-11-18(12-14(2)20-13)8-9-19-17-7-6-15-4-3-5-16(15)10-17/h6-7,10,13-14H,3-5,8-9,11-12H2,1-2H3/p+1/t13-,14-/m1/s1. The molecule has 0 aromatic heterocycles. The van der Waals surface area contributed by atoms with E-state index in [0.717, 1.165) is 32.0 Å². The van der Waals surface area contributed by atoms with E-state index in [1.54, 1.807) is 4.90 Å². The van der Waals surface area contributed by atoms with Crippen molar-refractivity contribution in [2.45, 2.75) is 45.3 Å². The highest BCUT2D eigenvalue weighted by Gasteiger charge is 2.25. The molecule has 1 saturated heterocycles. The van der Waals surface area contributed by atoms with Crippen LogP contribution in [-0.2, 0) is 17.6 Å². The molecule has 3 heteroatoms. The molecule has 0 saturated carbocycles. The smallest absolute Gasteiger partial charge is 0.137 e. The van der Waals surface area contributed by atoms with Crippen molar-refractivity contribution in [2.24, 2.45) is 0 Å². The summed E-state index contributed by atoms with van der Waals surface area (Å²) >= 11 is 0. The van der Waals surface area contributed by atoms with Gasteiger partial charge in [0.2, 0.25) is 0 Å². The van der Waals surface area contributed by atoms with Crippen molar-refractivity contribution < 1.29 is 14.4 Å². The molecule has 3 nitrogen and oxygen atoms in total. The van der Waals surface area contributed by atoms with Crippen LogP contribution in [0.2, 0.25) is 0 Å². The lowest BCUT2D eigenvalue weighted by molar-refractivity contribution is -0.915. The van der Waals surface area contributed by atoms with Crippen LogP contribution in [0.4, 0.5) is 0 Å². The molecule has 1 aliphatic carbocycles. The average molecular weight is 276 g/mol. The van der Waals surface area contributed by atoms with E-state index in [-0.39, 0.29) is 0 Å². The Kier molecular flexibility index (Phi) is 4.27. The van der Waals surface area contributed by atoms with E-state index >= 15 is 0 Å². The van der Waals surface area contributed by atoms with Gasteiger partial charge in [-0.15, -0.1) is 0 Å². The average Bonchev–Trinajstić information content (AvgIpc) is 2.85. The zero-order chi connectivity index (χ0) is 13.9. The molecule has 1 aromatic rings. The van der Waals surface area contributed by atoms with Crippen LogP contribution in [0.3, 0.4) is 0 Å². The molecule has 0 bridgehead atoms. The molecule has 2 atom stereocenters. The van der Waals surface area contributed by atoms with Gasteiger partial charge in [0, 0.05) is 0 Å². The van der Waals surface area contributed by atoms with Gasteiger partial charge in [-0.05, 0) is 56.4 Å². The fourth-order valence-electron chi connectivity index (χ4n) is 3.54. The quantitative estimate of drug-likeness (QED) is 0.894. The summed E-state index contributed by atoms with van der Waals surface area (Å²) in [5.41, 5.74) is 3.00. The number of morpholine rings is 1. The Morgan fingerprint density at radius 3 is 2.70 bits per heavy atom. The summed E-state index contributed by atoms with van der Waals surface area (Å²) in [4.78, 5) is 1.59. The minimum atomic E-state index is 0.369. The van der Waals surface area contributed by atoms with Crippen LogP contribution in [0.25, 0.3) is 0 Å². The van der Waals surface area contributed by atoms with Crippen molar-refractivity contribution in [3.63, 3.8) is 0 Å². The topological polar surface area (TPSA) is 22.9 Å². The van der Waals surface area contributed by atoms with Crippen molar-refractivity contribution in [3.05, 3.63) is 29.3 Å². The lowest BCUT2D eigenvalue weighted by atomic mass is 10.1. The minimum Gasteiger partial charge on any atom is -0.488 e. The Bertz CT molecular complexity index is 450. The van der Waals surface area contributed by atoms with E-state index in [0.29, 0.717) is 12.2 Å². The summed E-state index contributed by atoms with van der Waals surface area (Å²) in [6.45, 7) is 8.38. The highest BCUT2D eigenvalue weighted by atomic mass is 16.5. The van der Waals surface area contributed by atoms with Crippen molar-refractivity contribution in [2.75, 3.05) is 26.2 Å². The molecule has 0 amide bonds. The summed E-state index contributed by atoms with van der Waals surface area (Å²) in [7, 11) is 0. The van der Waals surface area contributed by atoms with Gasteiger partial charge in [0.15, 0.2) is 0 Å². The molecule has 1 aromatic carbocycles. The second-order valence-corrected chi connectivity index (χ2v) is 6.30. The summed E-state index contributed by atoms with van der Waals surface area (Å²) in [5.74, 6) is 1.04. The van der Waals surface area contributed by atoms with E-state index in [4.69, 9.17) is 9.47 Å². The molecule has 0 unspecified atom stereocenters. The van der Waals surface area contributed by atoms with E-state index in [9.17, 15) is 0 Å². The predicted octanol–water partition coefficient (Wildman–Crippen LogP) is 1.25. The molecular weight excluding hydrogens is 250 g/mol. The third-order valence-corrected chi connectivity index (χ3v) is 4.41. The van der Waals surface area contributed by atoms with E-state index in [1.807, 2.05) is 0 Å². The van der Waals surface area contributed by atoms with Gasteiger partial charge < -0.3 is 14.4 Å². The number of hydrogen-bond donors (Lipinski definition) is 1. The molecule has 1 N–H and O–H groups in total. The number of benzene rings is 1. The predicted molar refractivity (Wildman–Crippen MR) is 79.5 cm³/mol. The molecular formula is C17H26NO2+. The Hall–Kier alpha value is -1.06. The summed E-state index contributed by atoms with van der Waals surface area (Å²) in [6.07, 6.45) is 4.49. The summed E-state index contributed by atoms with van der Waals surface area (Å²) in [5, 5.41) is 0. The Labute approximate surface area is 121 Å². The van der Waals surface area contributed by atoms with Crippen LogP contribution in [0.1, 0.15) is 31.4 Å². The van der Waals surface area contributed by atoms with E-state index < -0.39 is 0 Å². The summed E-state index contributed by atoms with van der Waals surface area (Å²) < 4.78 is 11.7. The third-order valence-electron chi connectivity index (χ3n) is 4.41. The molecule has 1 heterocycles. The molecule has 0 radical (unpaired) electrons. The Morgan fingerprint density at radius 1 is 1.15 bits per heavy atom. The number of ether oxygens (including phenoxy) is 2. The van der Waals surface area contributed by atoms with Gasteiger partial charge in [-0.1, -0.05) is 6.07 Å². The number of nitrogens with one attached hydrogen (secondary N) is 1. The van der Waals surface area contributed by atoms with Gasteiger partial charge in [-0.25, -0.2) is 0 Å². The SMILES string of the molecule is C[C@@H]1C[NH+](CCOc2ccc3c(c2)CCC3)C[C@@H](C)O1. The maximum atomic E-state index is 5.94. The number of rotatable bonds is 4. The van der Waals surface area contributed by atoms with Crippen molar-refractivity contribution in [3.8, 4) is 5.75 Å². The highest BCUT2D eigenvalue weighted by Crippen LogP contribution is 2.25. The van der Waals surface area contributed by atoms with Gasteiger partial charge in [-0.2, -0.15) is 0 Å². The third kappa shape index (κ3) is 3.33. The Morgan fingerprint density at radius 2 is 1.90 bits per heavy atom. The van der Waals surface area contributed by atoms with Crippen LogP contribution in [0.5, 0.6) is 5.75 Å². The number of fused-ring (bicyclic) bond motifs is 1. The van der Waals surface area contributed by atoms with Gasteiger partial charge >= 0.3 is 0 Å². The van der Waals surface area contributed by atoms with Crippen LogP contribution in [0.15, 0.2) is 18.2 Å². The molecule has 2 aliphatic rings. The molecule has 1 fully saturated rings. The monoisotopic (exact) mass is 276 g/mol. The first-order valence-electron chi connectivity index (χ1n) is 7.94. The second-order valence-electron chi connectivity index (χ2n) is 6.30. The highest BCUT2D eigenvalue weighted by molar-refractivity contribution is 5.38. The van der Waals surface area contributed by atoms with Gasteiger partial charge in [0.1, 0.15) is 44.2 Å². The maximum Gasteiger partial charge on any atom is 0.137 e. The van der Waals surface area contributed by atoms with Crippen molar-refractivity contribution in [1.29, 1.82) is 0 Å². The fourth-order valence-corrected chi connectivity index (χ4v) is 3.54. The molecule has 110 valence electrons. The van der Waals surface area contributed by atoms with Crippen LogP contribution >= 0.6 is 0 Å². The first-order valence-corrected chi connectivity index (χ1v) is 7.94. The first-order chi connectivity index (χ1) is 9.70. The number of aryl methyl sites for hydroxylation is 2. The van der Waals surface area contributed by atoms with Gasteiger partial charge in [0.05, 0.1) is 0 Å². The molecule has 1 aliphatic heterocycles. The van der Waals surface area contributed by atoms with Gasteiger partial charge in [-0.3, -0.25) is 0 Å². The summed E-state index contributed by atoms with van der Waals surface area (Å²) in [6, 6.07) is 6.61. The lowest BCUT2D eigenvalue weighted by Crippen LogP contribution is -3.16. The first kappa shape index (κ1) is 13.9. The van der Waals surface area contributed by atoms with E-state index in [1.165, 1.54) is 30.4 Å². The van der Waals surface area contributed by atoms with E-state index in [2.05, 4.69) is 32.0 Å². The normalized spacial score (nSPS) is 29.2. The fraction of sp³-hybridized carbons (Fsp3) is 0.647. The van der Waals surface area contributed by atoms with Crippen molar-refractivity contribution in [1.82, 2.24) is 0 Å². The van der Waals surface area contributed by atoms with Crippen LogP contribution in [-0.4, -0.2) is 38.4 Å². The number of quaternary nitrogens is 1. The number of hydrogen-bond acceptors (Lipinski definition) is 2. The minimum absolute atomic E-state index is 0.369. The van der Waals surface area contributed by atoms with Crippen molar-refractivity contribution >= 4 is 0 Å². The zero-order valence-electron chi connectivity index (χ0n) is 12.7. The maximum absolute atomic E-state index is 5.94. The Balaban J connectivity index is 1.48. The van der Waals surface area contributed by atoms with Crippen LogP contribution in [0, 0.1) is 0 Å².